The minimum Gasteiger partial charge on any atom is -0.386 e. The van der Waals surface area contributed by atoms with E-state index in [9.17, 15) is 9.50 Å². The first kappa shape index (κ1) is 16.7. The zero-order chi connectivity index (χ0) is 17.1. The van der Waals surface area contributed by atoms with Crippen LogP contribution >= 0.6 is 11.6 Å². The third-order valence-corrected chi connectivity index (χ3v) is 4.27. The summed E-state index contributed by atoms with van der Waals surface area (Å²) in [6.07, 6.45) is -1.01. The molecule has 2 nitrogen and oxygen atoms in total. The normalized spacial score (nSPS) is 13.5. The number of aliphatic hydroxyl groups excluding tert-OH is 1. The summed E-state index contributed by atoms with van der Waals surface area (Å²) in [7, 11) is 0. The van der Waals surface area contributed by atoms with Gasteiger partial charge in [0.15, 0.2) is 0 Å². The van der Waals surface area contributed by atoms with Crippen LogP contribution in [-0.4, -0.2) is 5.11 Å². The van der Waals surface area contributed by atoms with Crippen LogP contribution in [0.3, 0.4) is 0 Å². The first-order chi connectivity index (χ1) is 11.6. The molecule has 3 aromatic carbocycles. The van der Waals surface area contributed by atoms with Crippen LogP contribution in [0.4, 0.5) is 4.39 Å². The SMILES string of the molecule is NC(c1ccc(Cl)cc1)C(O)c1ccc(-c2ccccc2)c(F)c1. The molecular weight excluding hydrogens is 325 g/mol. The van der Waals surface area contributed by atoms with Gasteiger partial charge in [-0.1, -0.05) is 66.2 Å². The lowest BCUT2D eigenvalue weighted by Gasteiger charge is -2.20. The Morgan fingerprint density at radius 3 is 2.12 bits per heavy atom. The molecule has 0 aliphatic carbocycles. The smallest absolute Gasteiger partial charge is 0.131 e. The highest BCUT2D eigenvalue weighted by Crippen LogP contribution is 2.31. The maximum Gasteiger partial charge on any atom is 0.131 e. The summed E-state index contributed by atoms with van der Waals surface area (Å²) in [6, 6.07) is 20.2. The van der Waals surface area contributed by atoms with Gasteiger partial charge in [-0.15, -0.1) is 0 Å². The van der Waals surface area contributed by atoms with Crippen molar-refractivity contribution >= 4 is 11.6 Å². The van der Waals surface area contributed by atoms with E-state index in [1.165, 1.54) is 6.07 Å². The predicted octanol–water partition coefficient (Wildman–Crippen LogP) is 4.88. The predicted molar refractivity (Wildman–Crippen MR) is 95.2 cm³/mol. The fraction of sp³-hybridized carbons (Fsp3) is 0.100. The van der Waals surface area contributed by atoms with Gasteiger partial charge in [-0.2, -0.15) is 0 Å². The van der Waals surface area contributed by atoms with Crippen molar-refractivity contribution in [3.05, 3.63) is 94.8 Å². The molecule has 0 aliphatic heterocycles. The molecule has 0 saturated carbocycles. The summed E-state index contributed by atoms with van der Waals surface area (Å²) in [5, 5.41) is 11.1. The molecule has 0 bridgehead atoms. The minimum absolute atomic E-state index is 0.388. The molecule has 0 heterocycles. The molecule has 122 valence electrons. The topological polar surface area (TPSA) is 46.2 Å². The quantitative estimate of drug-likeness (QED) is 0.710. The largest absolute Gasteiger partial charge is 0.386 e. The molecule has 0 aliphatic rings. The fourth-order valence-electron chi connectivity index (χ4n) is 2.64. The van der Waals surface area contributed by atoms with Gasteiger partial charge in [-0.05, 0) is 34.9 Å². The molecule has 3 N–H and O–H groups in total. The minimum atomic E-state index is -1.01. The van der Waals surface area contributed by atoms with E-state index in [0.717, 1.165) is 11.1 Å². The molecule has 0 aromatic heterocycles. The number of rotatable bonds is 4. The van der Waals surface area contributed by atoms with Crippen LogP contribution in [0.2, 0.25) is 5.02 Å². The number of hydrogen-bond donors (Lipinski definition) is 2. The first-order valence-electron chi connectivity index (χ1n) is 7.60. The monoisotopic (exact) mass is 341 g/mol. The van der Waals surface area contributed by atoms with Gasteiger partial charge in [0.05, 0.1) is 12.1 Å². The van der Waals surface area contributed by atoms with Crippen molar-refractivity contribution in [1.82, 2.24) is 0 Å². The number of nitrogens with two attached hydrogens (primary N) is 1. The van der Waals surface area contributed by atoms with Gasteiger partial charge in [0.2, 0.25) is 0 Å². The Balaban J connectivity index is 1.87. The standard InChI is InChI=1S/C20H17ClFNO/c21-16-9-6-14(7-10-16)19(23)20(24)15-8-11-17(18(22)12-15)13-4-2-1-3-5-13/h1-12,19-20,24H,23H2. The van der Waals surface area contributed by atoms with Crippen LogP contribution in [0, 0.1) is 5.82 Å². The summed E-state index contributed by atoms with van der Waals surface area (Å²) in [4.78, 5) is 0. The van der Waals surface area contributed by atoms with Gasteiger partial charge < -0.3 is 10.8 Å². The van der Waals surface area contributed by atoms with Crippen LogP contribution in [0.15, 0.2) is 72.8 Å². The second-order valence-corrected chi connectivity index (χ2v) is 6.06. The highest BCUT2D eigenvalue weighted by atomic mass is 35.5. The van der Waals surface area contributed by atoms with E-state index in [2.05, 4.69) is 0 Å². The van der Waals surface area contributed by atoms with E-state index in [1.54, 1.807) is 36.4 Å². The van der Waals surface area contributed by atoms with Gasteiger partial charge in [-0.25, -0.2) is 4.39 Å². The summed E-state index contributed by atoms with van der Waals surface area (Å²) < 4.78 is 14.4. The van der Waals surface area contributed by atoms with Gasteiger partial charge >= 0.3 is 0 Å². The zero-order valence-electron chi connectivity index (χ0n) is 12.9. The maximum absolute atomic E-state index is 14.4. The summed E-state index contributed by atoms with van der Waals surface area (Å²) in [5.74, 6) is -0.388. The molecule has 4 heteroatoms. The van der Waals surface area contributed by atoms with Crippen molar-refractivity contribution in [2.75, 3.05) is 0 Å². The number of aliphatic hydroxyl groups is 1. The van der Waals surface area contributed by atoms with Crippen LogP contribution in [0.1, 0.15) is 23.3 Å². The van der Waals surface area contributed by atoms with Gasteiger partial charge in [0.1, 0.15) is 5.82 Å². The van der Waals surface area contributed by atoms with Crippen LogP contribution < -0.4 is 5.73 Å². The lowest BCUT2D eigenvalue weighted by atomic mass is 9.94. The molecule has 0 amide bonds. The Hall–Kier alpha value is -2.20. The van der Waals surface area contributed by atoms with E-state index in [4.69, 9.17) is 17.3 Å². The average molecular weight is 342 g/mol. The first-order valence-corrected chi connectivity index (χ1v) is 7.98. The Kier molecular flexibility index (Phi) is 4.95. The summed E-state index contributed by atoms with van der Waals surface area (Å²) in [6.45, 7) is 0. The van der Waals surface area contributed by atoms with Crippen molar-refractivity contribution in [2.45, 2.75) is 12.1 Å². The average Bonchev–Trinajstić information content (AvgIpc) is 2.62. The van der Waals surface area contributed by atoms with Crippen LogP contribution in [0.25, 0.3) is 11.1 Å². The Morgan fingerprint density at radius 2 is 1.50 bits per heavy atom. The molecule has 0 saturated heterocycles. The lowest BCUT2D eigenvalue weighted by Crippen LogP contribution is -2.19. The molecule has 0 spiro atoms. The number of halogens is 2. The Labute approximate surface area is 145 Å². The third-order valence-electron chi connectivity index (χ3n) is 4.01. The molecule has 3 rings (SSSR count). The van der Waals surface area contributed by atoms with Crippen molar-refractivity contribution in [1.29, 1.82) is 0 Å². The highest BCUT2D eigenvalue weighted by molar-refractivity contribution is 6.30. The lowest BCUT2D eigenvalue weighted by molar-refractivity contribution is 0.146. The van der Waals surface area contributed by atoms with E-state index < -0.39 is 12.1 Å². The highest BCUT2D eigenvalue weighted by Gasteiger charge is 2.20. The Bertz CT molecular complexity index is 821. The molecule has 2 atom stereocenters. The van der Waals surface area contributed by atoms with E-state index in [0.29, 0.717) is 16.1 Å². The third kappa shape index (κ3) is 3.49. The van der Waals surface area contributed by atoms with Crippen molar-refractivity contribution in [3.63, 3.8) is 0 Å². The molecule has 2 unspecified atom stereocenters. The van der Waals surface area contributed by atoms with Crippen molar-refractivity contribution < 1.29 is 9.50 Å². The molecule has 0 fully saturated rings. The van der Waals surface area contributed by atoms with E-state index in [1.807, 2.05) is 30.3 Å². The molecule has 24 heavy (non-hydrogen) atoms. The fourth-order valence-corrected chi connectivity index (χ4v) is 2.77. The zero-order valence-corrected chi connectivity index (χ0v) is 13.6. The van der Waals surface area contributed by atoms with Crippen molar-refractivity contribution in [2.24, 2.45) is 5.73 Å². The summed E-state index contributed by atoms with van der Waals surface area (Å²) >= 11 is 5.86. The van der Waals surface area contributed by atoms with Crippen molar-refractivity contribution in [3.8, 4) is 11.1 Å². The number of hydrogen-bond acceptors (Lipinski definition) is 2. The molecule has 0 radical (unpaired) electrons. The maximum atomic E-state index is 14.4. The van der Waals surface area contributed by atoms with Crippen LogP contribution in [-0.2, 0) is 0 Å². The second kappa shape index (κ2) is 7.14. The second-order valence-electron chi connectivity index (χ2n) is 5.63. The molecular formula is C20H17ClFNO. The molecule has 3 aromatic rings. The van der Waals surface area contributed by atoms with E-state index >= 15 is 0 Å². The van der Waals surface area contributed by atoms with Gasteiger partial charge in [0, 0.05) is 10.6 Å². The van der Waals surface area contributed by atoms with E-state index in [-0.39, 0.29) is 5.82 Å². The summed E-state index contributed by atoms with van der Waals surface area (Å²) in [5.41, 5.74) is 8.56. The van der Waals surface area contributed by atoms with Gasteiger partial charge in [0.25, 0.3) is 0 Å². The van der Waals surface area contributed by atoms with Crippen LogP contribution in [0.5, 0.6) is 0 Å². The van der Waals surface area contributed by atoms with Gasteiger partial charge in [-0.3, -0.25) is 0 Å². The number of benzene rings is 3. The Morgan fingerprint density at radius 1 is 0.875 bits per heavy atom.